The van der Waals surface area contributed by atoms with Gasteiger partial charge in [-0.2, -0.15) is 0 Å². The van der Waals surface area contributed by atoms with Crippen molar-refractivity contribution < 1.29 is 18.7 Å². The Morgan fingerprint density at radius 3 is 2.37 bits per heavy atom. The molecule has 5 heteroatoms. The predicted molar refractivity (Wildman–Crippen MR) is 69.2 cm³/mol. The number of ether oxygens (including phenoxy) is 1. The molecule has 0 aliphatic carbocycles. The fourth-order valence-corrected chi connectivity index (χ4v) is 1.57. The second-order valence-electron chi connectivity index (χ2n) is 3.97. The summed E-state index contributed by atoms with van der Waals surface area (Å²) >= 11 is 0. The van der Waals surface area contributed by atoms with Crippen LogP contribution in [0.2, 0.25) is 0 Å². The molecule has 1 heterocycles. The number of benzene rings is 1. The van der Waals surface area contributed by atoms with Crippen LogP contribution < -0.4 is 5.32 Å². The third kappa shape index (κ3) is 3.01. The molecular weight excluding hydrogens is 246 g/mol. The number of carbonyl (C=O) groups excluding carboxylic acids is 2. The molecule has 1 amide bonds. The molecule has 0 unspecified atom stereocenters. The van der Waals surface area contributed by atoms with Crippen molar-refractivity contribution in [2.75, 3.05) is 12.4 Å². The van der Waals surface area contributed by atoms with E-state index in [0.717, 1.165) is 0 Å². The minimum Gasteiger partial charge on any atom is -0.469 e. The van der Waals surface area contributed by atoms with Crippen LogP contribution >= 0.6 is 0 Å². The van der Waals surface area contributed by atoms with E-state index in [0.29, 0.717) is 22.6 Å². The highest BCUT2D eigenvalue weighted by molar-refractivity contribution is 6.04. The van der Waals surface area contributed by atoms with Gasteiger partial charge in [-0.25, -0.2) is 4.79 Å². The molecule has 0 spiro atoms. The number of methoxy groups -OCH3 is 1. The summed E-state index contributed by atoms with van der Waals surface area (Å²) in [6.07, 6.45) is 1.40. The number of carbonyl (C=O) groups is 2. The van der Waals surface area contributed by atoms with E-state index in [9.17, 15) is 9.59 Å². The molecule has 2 aromatic rings. The zero-order valence-electron chi connectivity index (χ0n) is 10.6. The highest BCUT2D eigenvalue weighted by Gasteiger charge is 2.10. The van der Waals surface area contributed by atoms with E-state index in [1.807, 2.05) is 0 Å². The number of rotatable bonds is 3. The van der Waals surface area contributed by atoms with Crippen LogP contribution in [0.4, 0.5) is 5.69 Å². The molecule has 0 aliphatic heterocycles. The van der Waals surface area contributed by atoms with E-state index < -0.39 is 5.97 Å². The summed E-state index contributed by atoms with van der Waals surface area (Å²) in [6.45, 7) is 1.77. The smallest absolute Gasteiger partial charge is 0.337 e. The molecule has 0 atom stereocenters. The van der Waals surface area contributed by atoms with Crippen molar-refractivity contribution in [2.24, 2.45) is 0 Å². The maximum atomic E-state index is 11.8. The van der Waals surface area contributed by atoms with Crippen LogP contribution in [-0.2, 0) is 4.74 Å². The van der Waals surface area contributed by atoms with Crippen molar-refractivity contribution in [3.63, 3.8) is 0 Å². The van der Waals surface area contributed by atoms with Crippen LogP contribution in [0.25, 0.3) is 0 Å². The molecule has 98 valence electrons. The van der Waals surface area contributed by atoms with Gasteiger partial charge in [-0.15, -0.1) is 0 Å². The number of furan rings is 1. The van der Waals surface area contributed by atoms with Crippen molar-refractivity contribution in [1.29, 1.82) is 0 Å². The zero-order valence-corrected chi connectivity index (χ0v) is 10.6. The van der Waals surface area contributed by atoms with E-state index >= 15 is 0 Å². The Bertz CT molecular complexity index is 598. The Morgan fingerprint density at radius 2 is 1.84 bits per heavy atom. The lowest BCUT2D eigenvalue weighted by Gasteiger charge is -2.04. The topological polar surface area (TPSA) is 68.5 Å². The lowest BCUT2D eigenvalue weighted by Crippen LogP contribution is -2.11. The first-order chi connectivity index (χ1) is 9.10. The number of esters is 1. The number of hydrogen-bond donors (Lipinski definition) is 1. The third-order valence-corrected chi connectivity index (χ3v) is 2.56. The van der Waals surface area contributed by atoms with Gasteiger partial charge in [0.05, 0.1) is 18.2 Å². The van der Waals surface area contributed by atoms with Gasteiger partial charge in [0.25, 0.3) is 5.91 Å². The van der Waals surface area contributed by atoms with Crippen LogP contribution in [0.3, 0.4) is 0 Å². The lowest BCUT2D eigenvalue weighted by molar-refractivity contribution is 0.0600. The molecule has 5 nitrogen and oxygen atoms in total. The highest BCUT2D eigenvalue weighted by atomic mass is 16.5. The molecule has 0 fully saturated rings. The molecule has 19 heavy (non-hydrogen) atoms. The van der Waals surface area contributed by atoms with Gasteiger partial charge >= 0.3 is 5.97 Å². The summed E-state index contributed by atoms with van der Waals surface area (Å²) in [6, 6.07) is 8.09. The number of hydrogen-bond acceptors (Lipinski definition) is 4. The Labute approximate surface area is 110 Å². The van der Waals surface area contributed by atoms with Crippen molar-refractivity contribution in [3.05, 3.63) is 53.5 Å². The Balaban J connectivity index is 2.07. The van der Waals surface area contributed by atoms with E-state index in [-0.39, 0.29) is 5.91 Å². The van der Waals surface area contributed by atoms with Crippen LogP contribution in [-0.4, -0.2) is 19.0 Å². The maximum absolute atomic E-state index is 11.8. The van der Waals surface area contributed by atoms with Gasteiger partial charge in [0, 0.05) is 5.69 Å². The predicted octanol–water partition coefficient (Wildman–Crippen LogP) is 2.63. The quantitative estimate of drug-likeness (QED) is 0.860. The molecule has 0 aliphatic rings. The first-order valence-corrected chi connectivity index (χ1v) is 5.65. The first-order valence-electron chi connectivity index (χ1n) is 5.65. The van der Waals surface area contributed by atoms with Gasteiger partial charge in [-0.3, -0.25) is 4.79 Å². The SMILES string of the molecule is COC(=O)c1ccc(NC(=O)c2coc(C)c2)cc1. The van der Waals surface area contributed by atoms with E-state index in [1.54, 1.807) is 37.3 Å². The molecule has 0 bridgehead atoms. The average molecular weight is 259 g/mol. The van der Waals surface area contributed by atoms with E-state index in [1.165, 1.54) is 13.4 Å². The van der Waals surface area contributed by atoms with Crippen LogP contribution in [0.1, 0.15) is 26.5 Å². The maximum Gasteiger partial charge on any atom is 0.337 e. The molecule has 1 aromatic carbocycles. The molecular formula is C14H13NO4. The lowest BCUT2D eigenvalue weighted by atomic mass is 10.2. The summed E-state index contributed by atoms with van der Waals surface area (Å²) in [4.78, 5) is 23.1. The Morgan fingerprint density at radius 1 is 1.16 bits per heavy atom. The number of amides is 1. The van der Waals surface area contributed by atoms with Gasteiger partial charge < -0.3 is 14.5 Å². The minimum atomic E-state index is -0.414. The van der Waals surface area contributed by atoms with Crippen LogP contribution in [0.5, 0.6) is 0 Å². The Hall–Kier alpha value is -2.56. The molecule has 0 saturated heterocycles. The van der Waals surface area contributed by atoms with Gasteiger partial charge in [-0.1, -0.05) is 0 Å². The summed E-state index contributed by atoms with van der Waals surface area (Å²) < 4.78 is 9.66. The van der Waals surface area contributed by atoms with Crippen molar-refractivity contribution >= 4 is 17.6 Å². The number of anilines is 1. The van der Waals surface area contributed by atoms with Crippen LogP contribution in [0, 0.1) is 6.92 Å². The summed E-state index contributed by atoms with van der Waals surface area (Å²) in [7, 11) is 1.32. The van der Waals surface area contributed by atoms with Crippen LogP contribution in [0.15, 0.2) is 41.0 Å². The van der Waals surface area contributed by atoms with E-state index in [2.05, 4.69) is 10.1 Å². The van der Waals surface area contributed by atoms with Gasteiger partial charge in [0.2, 0.25) is 0 Å². The first kappa shape index (κ1) is 12.9. The number of aryl methyl sites for hydroxylation is 1. The molecule has 1 N–H and O–H groups in total. The van der Waals surface area contributed by atoms with Gasteiger partial charge in [0.1, 0.15) is 12.0 Å². The van der Waals surface area contributed by atoms with E-state index in [4.69, 9.17) is 4.42 Å². The van der Waals surface area contributed by atoms with Gasteiger partial charge in [0.15, 0.2) is 0 Å². The molecule has 0 saturated carbocycles. The van der Waals surface area contributed by atoms with Gasteiger partial charge in [-0.05, 0) is 37.3 Å². The monoisotopic (exact) mass is 259 g/mol. The van der Waals surface area contributed by atoms with Crippen molar-refractivity contribution in [2.45, 2.75) is 6.92 Å². The Kier molecular flexibility index (Phi) is 3.66. The third-order valence-electron chi connectivity index (χ3n) is 2.56. The largest absolute Gasteiger partial charge is 0.469 e. The zero-order chi connectivity index (χ0) is 13.8. The standard InChI is InChI=1S/C14H13NO4/c1-9-7-11(8-19-9)13(16)15-12-5-3-10(4-6-12)14(17)18-2/h3-8H,1-2H3,(H,15,16). The second kappa shape index (κ2) is 5.39. The average Bonchev–Trinajstić information content (AvgIpc) is 2.85. The fourth-order valence-electron chi connectivity index (χ4n) is 1.57. The fraction of sp³-hybridized carbons (Fsp3) is 0.143. The molecule has 2 rings (SSSR count). The van der Waals surface area contributed by atoms with Crippen molar-refractivity contribution in [1.82, 2.24) is 0 Å². The van der Waals surface area contributed by atoms with Crippen molar-refractivity contribution in [3.8, 4) is 0 Å². The summed E-state index contributed by atoms with van der Waals surface area (Å²) in [5.41, 5.74) is 1.48. The second-order valence-corrected chi connectivity index (χ2v) is 3.97. The highest BCUT2D eigenvalue weighted by Crippen LogP contribution is 2.13. The molecule has 0 radical (unpaired) electrons. The normalized spacial score (nSPS) is 10.0. The molecule has 1 aromatic heterocycles. The summed E-state index contributed by atoms with van der Waals surface area (Å²) in [5, 5.41) is 2.70. The summed E-state index contributed by atoms with van der Waals surface area (Å²) in [5.74, 6) is -0.00260. The minimum absolute atomic E-state index is 0.261. The number of nitrogens with one attached hydrogen (secondary N) is 1.